The van der Waals surface area contributed by atoms with Gasteiger partial charge in [-0.2, -0.15) is 13.2 Å². The topological polar surface area (TPSA) is 88.8 Å². The van der Waals surface area contributed by atoms with Crippen LogP contribution in [0.25, 0.3) is 5.65 Å². The van der Waals surface area contributed by atoms with Crippen LogP contribution in [0.3, 0.4) is 0 Å². The first-order valence-corrected chi connectivity index (χ1v) is 11.0. The van der Waals surface area contributed by atoms with Gasteiger partial charge in [-0.25, -0.2) is 4.79 Å². The first-order chi connectivity index (χ1) is 16.3. The molecule has 1 aromatic carbocycles. The molecular formula is C23H24F3N5O3. The Kier molecular flexibility index (Phi) is 6.99. The number of likely N-dealkylation sites (tertiary alicyclic amines) is 1. The maximum atomic E-state index is 13.3. The number of hydrogen-bond donors (Lipinski definition) is 1. The molecule has 0 bridgehead atoms. The lowest BCUT2D eigenvalue weighted by Gasteiger charge is -2.23. The van der Waals surface area contributed by atoms with E-state index in [0.29, 0.717) is 31.6 Å². The van der Waals surface area contributed by atoms with Crippen LogP contribution in [-0.4, -0.2) is 44.6 Å². The SMILES string of the molecule is O=C(NCCCC(=O)N1CCCC1c1nnc2c(C(F)(F)F)cccn12)OCc1ccccc1. The summed E-state index contributed by atoms with van der Waals surface area (Å²) < 4.78 is 46.3. The maximum absolute atomic E-state index is 13.3. The quantitative estimate of drug-likeness (QED) is 0.520. The van der Waals surface area contributed by atoms with Crippen LogP contribution in [-0.2, 0) is 22.3 Å². The molecule has 8 nitrogen and oxygen atoms in total. The molecule has 180 valence electrons. The highest BCUT2D eigenvalue weighted by atomic mass is 19.4. The molecule has 1 fully saturated rings. The monoisotopic (exact) mass is 475 g/mol. The normalized spacial score (nSPS) is 16.1. The molecule has 1 aliphatic heterocycles. The van der Waals surface area contributed by atoms with Crippen molar-refractivity contribution < 1.29 is 27.5 Å². The first-order valence-electron chi connectivity index (χ1n) is 11.0. The summed E-state index contributed by atoms with van der Waals surface area (Å²) in [5.74, 6) is 0.167. The van der Waals surface area contributed by atoms with E-state index in [9.17, 15) is 22.8 Å². The van der Waals surface area contributed by atoms with Crippen molar-refractivity contribution in [1.29, 1.82) is 0 Å². The molecule has 1 saturated heterocycles. The minimum Gasteiger partial charge on any atom is -0.445 e. The molecule has 3 heterocycles. The van der Waals surface area contributed by atoms with Crippen LogP contribution in [0.5, 0.6) is 0 Å². The van der Waals surface area contributed by atoms with Crippen molar-refractivity contribution in [3.8, 4) is 0 Å². The Morgan fingerprint density at radius 3 is 2.68 bits per heavy atom. The Labute approximate surface area is 193 Å². The van der Waals surface area contributed by atoms with Gasteiger partial charge in [-0.1, -0.05) is 30.3 Å². The van der Waals surface area contributed by atoms with Gasteiger partial charge in [0.05, 0.1) is 6.04 Å². The van der Waals surface area contributed by atoms with Crippen LogP contribution in [0.4, 0.5) is 18.0 Å². The van der Waals surface area contributed by atoms with E-state index in [0.717, 1.165) is 11.6 Å². The number of fused-ring (bicyclic) bond motifs is 1. The summed E-state index contributed by atoms with van der Waals surface area (Å²) >= 11 is 0. The second kappa shape index (κ2) is 10.1. The van der Waals surface area contributed by atoms with E-state index in [1.807, 2.05) is 30.3 Å². The number of amides is 2. The molecule has 4 rings (SSSR count). The molecule has 2 amide bonds. The highest BCUT2D eigenvalue weighted by Crippen LogP contribution is 2.35. The van der Waals surface area contributed by atoms with Gasteiger partial charge in [-0.3, -0.25) is 9.20 Å². The summed E-state index contributed by atoms with van der Waals surface area (Å²) in [6.07, 6.45) is -1.74. The average Bonchev–Trinajstić information content (AvgIpc) is 3.47. The van der Waals surface area contributed by atoms with Crippen molar-refractivity contribution in [2.75, 3.05) is 13.1 Å². The summed E-state index contributed by atoms with van der Waals surface area (Å²) in [6, 6.07) is 11.1. The number of ether oxygens (including phenoxy) is 1. The van der Waals surface area contributed by atoms with Gasteiger partial charge in [0.25, 0.3) is 0 Å². The second-order valence-electron chi connectivity index (χ2n) is 8.01. The number of rotatable bonds is 7. The van der Waals surface area contributed by atoms with E-state index < -0.39 is 23.9 Å². The fourth-order valence-electron chi connectivity index (χ4n) is 4.06. The molecule has 1 aliphatic rings. The zero-order chi connectivity index (χ0) is 24.1. The zero-order valence-electron chi connectivity index (χ0n) is 18.3. The van der Waals surface area contributed by atoms with E-state index >= 15 is 0 Å². The number of aromatic nitrogens is 3. The molecule has 0 aliphatic carbocycles. The first kappa shape index (κ1) is 23.5. The highest BCUT2D eigenvalue weighted by molar-refractivity contribution is 5.77. The number of carbonyl (C=O) groups excluding carboxylic acids is 2. The molecule has 11 heteroatoms. The molecule has 0 saturated carbocycles. The van der Waals surface area contributed by atoms with Gasteiger partial charge in [-0.05, 0) is 37.0 Å². The Hall–Kier alpha value is -3.63. The molecule has 0 radical (unpaired) electrons. The summed E-state index contributed by atoms with van der Waals surface area (Å²) in [4.78, 5) is 26.3. The van der Waals surface area contributed by atoms with Gasteiger partial charge in [0.15, 0.2) is 11.5 Å². The third-order valence-corrected chi connectivity index (χ3v) is 5.69. The van der Waals surface area contributed by atoms with Crippen molar-refractivity contribution in [1.82, 2.24) is 24.8 Å². The van der Waals surface area contributed by atoms with Crippen molar-refractivity contribution in [3.05, 3.63) is 65.6 Å². The fourth-order valence-corrected chi connectivity index (χ4v) is 4.06. The second-order valence-corrected chi connectivity index (χ2v) is 8.01. The third kappa shape index (κ3) is 5.29. The molecule has 3 aromatic rings. The number of halogens is 3. The van der Waals surface area contributed by atoms with Crippen LogP contribution in [0.1, 0.15) is 48.7 Å². The summed E-state index contributed by atoms with van der Waals surface area (Å²) in [7, 11) is 0. The van der Waals surface area contributed by atoms with Crippen LogP contribution in [0.2, 0.25) is 0 Å². The Balaban J connectivity index is 1.30. The van der Waals surface area contributed by atoms with Crippen molar-refractivity contribution in [3.63, 3.8) is 0 Å². The molecule has 1 N–H and O–H groups in total. The van der Waals surface area contributed by atoms with Crippen molar-refractivity contribution in [2.45, 2.75) is 44.5 Å². The molecule has 1 atom stereocenters. The predicted octanol–water partition coefficient (Wildman–Crippen LogP) is 4.12. The summed E-state index contributed by atoms with van der Waals surface area (Å²) in [5, 5.41) is 10.4. The van der Waals surface area contributed by atoms with Crippen molar-refractivity contribution in [2.24, 2.45) is 0 Å². The number of alkyl halides is 3. The molecule has 34 heavy (non-hydrogen) atoms. The zero-order valence-corrected chi connectivity index (χ0v) is 18.3. The van der Waals surface area contributed by atoms with Crippen LogP contribution in [0, 0.1) is 0 Å². The molecular weight excluding hydrogens is 451 g/mol. The highest BCUT2D eigenvalue weighted by Gasteiger charge is 2.37. The minimum absolute atomic E-state index is 0.148. The van der Waals surface area contributed by atoms with Gasteiger partial charge in [0, 0.05) is 25.7 Å². The van der Waals surface area contributed by atoms with Gasteiger partial charge in [0.2, 0.25) is 5.91 Å². The van der Waals surface area contributed by atoms with Gasteiger partial charge < -0.3 is 15.0 Å². The van der Waals surface area contributed by atoms with E-state index in [-0.39, 0.29) is 31.1 Å². The number of alkyl carbamates (subject to hydrolysis) is 1. The summed E-state index contributed by atoms with van der Waals surface area (Å²) in [5.41, 5.74) is -0.270. The number of nitrogens with one attached hydrogen (secondary N) is 1. The lowest BCUT2D eigenvalue weighted by Crippen LogP contribution is -2.32. The van der Waals surface area contributed by atoms with Crippen LogP contribution in [0.15, 0.2) is 48.7 Å². The fraction of sp³-hybridized carbons (Fsp3) is 0.391. The number of hydrogen-bond acceptors (Lipinski definition) is 5. The number of nitrogens with zero attached hydrogens (tertiary/aromatic N) is 4. The Bertz CT molecular complexity index is 1150. The lowest BCUT2D eigenvalue weighted by molar-refractivity contribution is -0.136. The van der Waals surface area contributed by atoms with Crippen LogP contribution >= 0.6 is 0 Å². The Morgan fingerprint density at radius 1 is 1.12 bits per heavy atom. The number of pyridine rings is 1. The van der Waals surface area contributed by atoms with E-state index in [2.05, 4.69) is 15.5 Å². The molecule has 2 aromatic heterocycles. The lowest BCUT2D eigenvalue weighted by atomic mass is 10.2. The standard InChI is InChI=1S/C23H24F3N5O3/c24-23(25,26)17-9-5-14-31-20(17)28-29-21(31)18-10-6-13-30(18)19(32)11-4-12-27-22(33)34-15-16-7-2-1-3-8-16/h1-3,5,7-9,14,18H,4,6,10-13,15H2,(H,27,33). The minimum atomic E-state index is -4.55. The molecule has 1 unspecified atom stereocenters. The van der Waals surface area contributed by atoms with Gasteiger partial charge >= 0.3 is 12.3 Å². The van der Waals surface area contributed by atoms with E-state index in [1.54, 1.807) is 4.90 Å². The number of carbonyl (C=O) groups is 2. The van der Waals surface area contributed by atoms with Crippen molar-refractivity contribution >= 4 is 17.6 Å². The van der Waals surface area contributed by atoms with Crippen LogP contribution < -0.4 is 5.32 Å². The van der Waals surface area contributed by atoms with Gasteiger partial charge in [-0.15, -0.1) is 10.2 Å². The van der Waals surface area contributed by atoms with E-state index in [1.165, 1.54) is 16.7 Å². The van der Waals surface area contributed by atoms with Gasteiger partial charge in [0.1, 0.15) is 12.2 Å². The van der Waals surface area contributed by atoms with E-state index in [4.69, 9.17) is 4.74 Å². The number of benzene rings is 1. The smallest absolute Gasteiger partial charge is 0.420 e. The average molecular weight is 475 g/mol. The third-order valence-electron chi connectivity index (χ3n) is 5.69. The largest absolute Gasteiger partial charge is 0.445 e. The Morgan fingerprint density at radius 2 is 1.91 bits per heavy atom. The molecule has 0 spiro atoms. The summed E-state index contributed by atoms with van der Waals surface area (Å²) in [6.45, 7) is 0.911. The predicted molar refractivity (Wildman–Crippen MR) is 116 cm³/mol. The maximum Gasteiger partial charge on any atom is 0.420 e.